The third-order valence-electron chi connectivity index (χ3n) is 5.80. The van der Waals surface area contributed by atoms with Crippen LogP contribution in [-0.2, 0) is 9.59 Å². The number of pyridine rings is 1. The van der Waals surface area contributed by atoms with Gasteiger partial charge < -0.3 is 10.4 Å². The van der Waals surface area contributed by atoms with Crippen molar-refractivity contribution in [3.05, 3.63) is 24.5 Å². The summed E-state index contributed by atoms with van der Waals surface area (Å²) in [5.41, 5.74) is -1.61. The number of amides is 1. The molecule has 0 aliphatic heterocycles. The van der Waals surface area contributed by atoms with Crippen molar-refractivity contribution >= 4 is 17.6 Å². The zero-order valence-corrected chi connectivity index (χ0v) is 12.9. The molecule has 1 fully saturated rings. The van der Waals surface area contributed by atoms with E-state index in [0.717, 1.165) is 0 Å². The Balaban J connectivity index is 2.31. The first kappa shape index (κ1) is 15.5. The summed E-state index contributed by atoms with van der Waals surface area (Å²) in [6.07, 6.45) is 4.27. The summed E-state index contributed by atoms with van der Waals surface area (Å²) in [6, 6.07) is 3.44. The fraction of sp³-hybridized carbons (Fsp3) is 0.562. The van der Waals surface area contributed by atoms with E-state index in [-0.39, 0.29) is 5.91 Å². The van der Waals surface area contributed by atoms with Crippen molar-refractivity contribution in [1.82, 2.24) is 4.98 Å². The van der Waals surface area contributed by atoms with Crippen molar-refractivity contribution in [2.45, 2.75) is 40.5 Å². The second kappa shape index (κ2) is 4.83. The maximum atomic E-state index is 12.7. The molecule has 0 aromatic carbocycles. The molecular formula is C16H22N2O3. The molecule has 2 unspecified atom stereocenters. The van der Waals surface area contributed by atoms with Crippen molar-refractivity contribution in [3.8, 4) is 0 Å². The van der Waals surface area contributed by atoms with Crippen molar-refractivity contribution in [2.75, 3.05) is 5.32 Å². The number of hydrogen-bond donors (Lipinski definition) is 2. The molecule has 1 aliphatic carbocycles. The molecule has 1 heterocycles. The number of carboxylic acids is 1. The largest absolute Gasteiger partial charge is 0.481 e. The Hall–Kier alpha value is -1.91. The Morgan fingerprint density at radius 2 is 1.62 bits per heavy atom. The molecule has 1 aromatic heterocycles. The van der Waals surface area contributed by atoms with Gasteiger partial charge in [-0.1, -0.05) is 20.8 Å². The predicted molar refractivity (Wildman–Crippen MR) is 79.7 cm³/mol. The molecule has 1 amide bonds. The van der Waals surface area contributed by atoms with Crippen LogP contribution in [0.3, 0.4) is 0 Å². The van der Waals surface area contributed by atoms with Gasteiger partial charge in [0.05, 0.1) is 10.8 Å². The third kappa shape index (κ3) is 2.11. The number of carbonyl (C=O) groups is 2. The average molecular weight is 290 g/mol. The van der Waals surface area contributed by atoms with Gasteiger partial charge in [0.2, 0.25) is 5.91 Å². The first-order valence-electron chi connectivity index (χ1n) is 7.10. The molecule has 0 spiro atoms. The molecular weight excluding hydrogens is 268 g/mol. The quantitative estimate of drug-likeness (QED) is 0.897. The Kier molecular flexibility index (Phi) is 3.56. The minimum atomic E-state index is -0.905. The van der Waals surface area contributed by atoms with Crippen LogP contribution in [0.25, 0.3) is 0 Å². The molecule has 0 bridgehead atoms. The summed E-state index contributed by atoms with van der Waals surface area (Å²) in [5.74, 6) is -0.975. The van der Waals surface area contributed by atoms with E-state index in [1.807, 2.05) is 20.8 Å². The Labute approximate surface area is 124 Å². The second-order valence-corrected chi connectivity index (χ2v) is 6.78. The van der Waals surface area contributed by atoms with Gasteiger partial charge in [0, 0.05) is 18.1 Å². The topological polar surface area (TPSA) is 79.3 Å². The molecule has 2 N–H and O–H groups in total. The minimum absolute atomic E-state index is 0.135. The van der Waals surface area contributed by atoms with E-state index < -0.39 is 22.2 Å². The summed E-state index contributed by atoms with van der Waals surface area (Å²) in [4.78, 5) is 28.3. The number of rotatable bonds is 3. The maximum absolute atomic E-state index is 12.7. The molecule has 1 aromatic rings. The molecule has 21 heavy (non-hydrogen) atoms. The van der Waals surface area contributed by atoms with E-state index in [1.54, 1.807) is 31.5 Å². The monoisotopic (exact) mass is 290 g/mol. The van der Waals surface area contributed by atoms with Gasteiger partial charge in [-0.05, 0) is 37.3 Å². The zero-order valence-electron chi connectivity index (χ0n) is 12.9. The fourth-order valence-corrected chi connectivity index (χ4v) is 3.21. The molecule has 0 radical (unpaired) electrons. The lowest BCUT2D eigenvalue weighted by atomic mass is 9.59. The van der Waals surface area contributed by atoms with E-state index in [0.29, 0.717) is 18.5 Å². The van der Waals surface area contributed by atoms with Crippen LogP contribution in [0.4, 0.5) is 5.69 Å². The predicted octanol–water partition coefficient (Wildman–Crippen LogP) is 2.94. The van der Waals surface area contributed by atoms with Crippen LogP contribution in [0.1, 0.15) is 40.5 Å². The van der Waals surface area contributed by atoms with E-state index in [1.165, 1.54) is 0 Å². The molecule has 5 nitrogen and oxygen atoms in total. The smallest absolute Gasteiger partial charge is 0.309 e. The molecule has 114 valence electrons. The number of carbonyl (C=O) groups excluding carboxylic acids is 1. The van der Waals surface area contributed by atoms with Gasteiger partial charge in [-0.2, -0.15) is 0 Å². The number of nitrogens with zero attached hydrogens (tertiary/aromatic N) is 1. The molecule has 0 saturated heterocycles. The minimum Gasteiger partial charge on any atom is -0.481 e. The van der Waals surface area contributed by atoms with Crippen molar-refractivity contribution in [1.29, 1.82) is 0 Å². The Bertz CT molecular complexity index is 570. The Morgan fingerprint density at radius 3 is 2.10 bits per heavy atom. The van der Waals surface area contributed by atoms with Gasteiger partial charge in [-0.3, -0.25) is 14.6 Å². The summed E-state index contributed by atoms with van der Waals surface area (Å²) in [5, 5.41) is 12.5. The SMILES string of the molecule is CC1(C(=O)O)CCC(C)(C(=O)Nc2ccncc2)C1(C)C. The highest BCUT2D eigenvalue weighted by Crippen LogP contribution is 2.62. The third-order valence-corrected chi connectivity index (χ3v) is 5.80. The van der Waals surface area contributed by atoms with E-state index in [9.17, 15) is 14.7 Å². The van der Waals surface area contributed by atoms with Crippen LogP contribution < -0.4 is 5.32 Å². The highest BCUT2D eigenvalue weighted by atomic mass is 16.4. The van der Waals surface area contributed by atoms with E-state index in [4.69, 9.17) is 0 Å². The summed E-state index contributed by atoms with van der Waals surface area (Å²) in [6.45, 7) is 7.35. The lowest BCUT2D eigenvalue weighted by Gasteiger charge is -2.44. The number of carboxylic acid groups (broad SMARTS) is 1. The van der Waals surface area contributed by atoms with Gasteiger partial charge in [0.25, 0.3) is 0 Å². The number of aliphatic carboxylic acids is 1. The first-order valence-corrected chi connectivity index (χ1v) is 7.10. The van der Waals surface area contributed by atoms with Gasteiger partial charge in [-0.25, -0.2) is 0 Å². The van der Waals surface area contributed by atoms with Crippen LogP contribution in [0.2, 0.25) is 0 Å². The van der Waals surface area contributed by atoms with Crippen LogP contribution in [0, 0.1) is 16.2 Å². The second-order valence-electron chi connectivity index (χ2n) is 6.78. The molecule has 1 saturated carbocycles. The van der Waals surface area contributed by atoms with Crippen LogP contribution in [0.15, 0.2) is 24.5 Å². The Morgan fingerprint density at radius 1 is 1.10 bits per heavy atom. The fourth-order valence-electron chi connectivity index (χ4n) is 3.21. The van der Waals surface area contributed by atoms with Gasteiger partial charge in [0.15, 0.2) is 0 Å². The lowest BCUT2D eigenvalue weighted by molar-refractivity contribution is -0.157. The van der Waals surface area contributed by atoms with E-state index >= 15 is 0 Å². The molecule has 2 rings (SSSR count). The zero-order chi connectivity index (χ0) is 15.9. The standard InChI is InChI=1S/C16H22N2O3/c1-14(2)15(3,7-8-16(14,4)13(20)21)12(19)18-11-5-9-17-10-6-11/h5-6,9-10H,7-8H2,1-4H3,(H,20,21)(H,17,18,19). The van der Waals surface area contributed by atoms with E-state index in [2.05, 4.69) is 10.3 Å². The van der Waals surface area contributed by atoms with Crippen LogP contribution in [0.5, 0.6) is 0 Å². The summed E-state index contributed by atoms with van der Waals surface area (Å²) in [7, 11) is 0. The number of anilines is 1. The molecule has 2 atom stereocenters. The summed E-state index contributed by atoms with van der Waals surface area (Å²) < 4.78 is 0. The van der Waals surface area contributed by atoms with Crippen LogP contribution in [-0.4, -0.2) is 22.0 Å². The molecule has 5 heteroatoms. The lowest BCUT2D eigenvalue weighted by Crippen LogP contribution is -2.49. The number of aromatic nitrogens is 1. The van der Waals surface area contributed by atoms with Gasteiger partial charge in [-0.15, -0.1) is 0 Å². The van der Waals surface area contributed by atoms with Gasteiger partial charge in [0.1, 0.15) is 0 Å². The first-order chi connectivity index (χ1) is 9.65. The van der Waals surface area contributed by atoms with Crippen molar-refractivity contribution < 1.29 is 14.7 Å². The number of hydrogen-bond acceptors (Lipinski definition) is 3. The molecule has 1 aliphatic rings. The van der Waals surface area contributed by atoms with Crippen LogP contribution >= 0.6 is 0 Å². The van der Waals surface area contributed by atoms with Gasteiger partial charge >= 0.3 is 5.97 Å². The highest BCUT2D eigenvalue weighted by Gasteiger charge is 2.64. The van der Waals surface area contributed by atoms with Crippen molar-refractivity contribution in [3.63, 3.8) is 0 Å². The average Bonchev–Trinajstić information content (AvgIpc) is 2.62. The van der Waals surface area contributed by atoms with Crippen molar-refractivity contribution in [2.24, 2.45) is 16.2 Å². The summed E-state index contributed by atoms with van der Waals surface area (Å²) >= 11 is 0. The highest BCUT2D eigenvalue weighted by molar-refractivity contribution is 5.97. The normalized spacial score (nSPS) is 30.9. The maximum Gasteiger partial charge on any atom is 0.309 e. The number of nitrogens with one attached hydrogen (secondary N) is 1.